The molecule has 2 heterocycles. The number of nitrogens with zero attached hydrogens (tertiary/aromatic N) is 1. The Morgan fingerprint density at radius 3 is 2.86 bits per heavy atom. The number of nitrogens with one attached hydrogen (secondary N) is 2. The van der Waals surface area contributed by atoms with Gasteiger partial charge in [-0.25, -0.2) is 4.98 Å². The van der Waals surface area contributed by atoms with Gasteiger partial charge < -0.3 is 15.1 Å². The summed E-state index contributed by atoms with van der Waals surface area (Å²) in [6, 6.07) is 7.09. The number of pyridine rings is 1. The fraction of sp³-hybridized carbons (Fsp3) is 0.375. The first-order chi connectivity index (χ1) is 10.1. The number of carbonyl (C=O) groups is 1. The average molecular weight is 287 g/mol. The Labute approximate surface area is 124 Å². The molecule has 1 amide bonds. The summed E-state index contributed by atoms with van der Waals surface area (Å²) in [6.45, 7) is 6.62. The van der Waals surface area contributed by atoms with Crippen LogP contribution in [0.5, 0.6) is 0 Å². The van der Waals surface area contributed by atoms with Crippen molar-refractivity contribution < 1.29 is 9.21 Å². The zero-order chi connectivity index (χ0) is 15.2. The van der Waals surface area contributed by atoms with Gasteiger partial charge in [-0.1, -0.05) is 6.92 Å². The molecule has 112 valence electrons. The van der Waals surface area contributed by atoms with E-state index in [9.17, 15) is 4.79 Å². The van der Waals surface area contributed by atoms with Gasteiger partial charge in [-0.3, -0.25) is 4.79 Å². The monoisotopic (exact) mass is 287 g/mol. The van der Waals surface area contributed by atoms with E-state index in [4.69, 9.17) is 4.42 Å². The maximum absolute atomic E-state index is 12.4. The molecular formula is C16H21N3O2. The molecule has 2 aromatic rings. The van der Waals surface area contributed by atoms with Crippen molar-refractivity contribution >= 4 is 11.7 Å². The summed E-state index contributed by atoms with van der Waals surface area (Å²) in [4.78, 5) is 16.6. The van der Waals surface area contributed by atoms with E-state index in [0.717, 1.165) is 24.5 Å². The number of furan rings is 1. The molecule has 0 aromatic carbocycles. The topological polar surface area (TPSA) is 67.2 Å². The van der Waals surface area contributed by atoms with Gasteiger partial charge in [-0.2, -0.15) is 0 Å². The van der Waals surface area contributed by atoms with Crippen LogP contribution in [0.4, 0.5) is 5.82 Å². The number of hydrogen-bond acceptors (Lipinski definition) is 4. The van der Waals surface area contributed by atoms with Crippen LogP contribution < -0.4 is 10.6 Å². The molecule has 0 saturated heterocycles. The van der Waals surface area contributed by atoms with E-state index in [1.807, 2.05) is 26.0 Å². The van der Waals surface area contributed by atoms with Crippen molar-refractivity contribution in [1.82, 2.24) is 10.3 Å². The molecule has 0 spiro atoms. The quantitative estimate of drug-likeness (QED) is 0.855. The van der Waals surface area contributed by atoms with Gasteiger partial charge in [0.1, 0.15) is 17.3 Å². The second-order valence-electron chi connectivity index (χ2n) is 4.97. The maximum atomic E-state index is 12.4. The summed E-state index contributed by atoms with van der Waals surface area (Å²) >= 11 is 0. The Hall–Kier alpha value is -2.30. The lowest BCUT2D eigenvalue weighted by Gasteiger charge is -2.14. The van der Waals surface area contributed by atoms with Crippen LogP contribution in [0.3, 0.4) is 0 Å². The Morgan fingerprint density at radius 1 is 1.38 bits per heavy atom. The van der Waals surface area contributed by atoms with E-state index in [0.29, 0.717) is 11.4 Å². The molecular weight excluding hydrogens is 266 g/mol. The Balaban J connectivity index is 2.09. The lowest BCUT2D eigenvalue weighted by Crippen LogP contribution is -2.27. The normalized spacial score (nSPS) is 12.0. The summed E-state index contributed by atoms with van der Waals surface area (Å²) in [5, 5.41) is 6.10. The maximum Gasteiger partial charge on any atom is 0.255 e. The molecule has 0 radical (unpaired) electrons. The van der Waals surface area contributed by atoms with Crippen LogP contribution in [0.25, 0.3) is 0 Å². The largest absolute Gasteiger partial charge is 0.464 e. The molecule has 0 aliphatic heterocycles. The molecule has 0 aliphatic carbocycles. The SMILES string of the molecule is CCCNc1ncccc1C(=O)NC(C)c1ccc(C)o1. The molecule has 2 rings (SSSR count). The smallest absolute Gasteiger partial charge is 0.255 e. The summed E-state index contributed by atoms with van der Waals surface area (Å²) in [5.74, 6) is 2.02. The van der Waals surface area contributed by atoms with Crippen LogP contribution in [-0.4, -0.2) is 17.4 Å². The standard InChI is InChI=1S/C16H21N3O2/c1-4-9-17-15-13(6-5-10-18-15)16(20)19-12(3)14-8-7-11(2)21-14/h5-8,10,12H,4,9H2,1-3H3,(H,17,18)(H,19,20). The Morgan fingerprint density at radius 2 is 2.19 bits per heavy atom. The van der Waals surface area contributed by atoms with Gasteiger partial charge in [0.2, 0.25) is 0 Å². The number of anilines is 1. The number of amides is 1. The highest BCUT2D eigenvalue weighted by Crippen LogP contribution is 2.18. The second kappa shape index (κ2) is 6.92. The summed E-state index contributed by atoms with van der Waals surface area (Å²) in [7, 11) is 0. The molecule has 21 heavy (non-hydrogen) atoms. The van der Waals surface area contributed by atoms with Crippen LogP contribution in [0.15, 0.2) is 34.9 Å². The van der Waals surface area contributed by atoms with Crippen molar-refractivity contribution in [2.45, 2.75) is 33.2 Å². The zero-order valence-electron chi connectivity index (χ0n) is 12.6. The van der Waals surface area contributed by atoms with Crippen molar-refractivity contribution in [3.05, 3.63) is 47.5 Å². The number of aromatic nitrogens is 1. The van der Waals surface area contributed by atoms with E-state index in [-0.39, 0.29) is 11.9 Å². The molecule has 1 atom stereocenters. The first kappa shape index (κ1) is 15.1. The van der Waals surface area contributed by atoms with Crippen LogP contribution in [0.1, 0.15) is 48.2 Å². The van der Waals surface area contributed by atoms with E-state index < -0.39 is 0 Å². The number of aryl methyl sites for hydroxylation is 1. The lowest BCUT2D eigenvalue weighted by atomic mass is 10.2. The molecule has 0 fully saturated rings. The lowest BCUT2D eigenvalue weighted by molar-refractivity contribution is 0.0935. The van der Waals surface area contributed by atoms with E-state index in [2.05, 4.69) is 22.5 Å². The summed E-state index contributed by atoms with van der Waals surface area (Å²) in [6.07, 6.45) is 2.65. The van der Waals surface area contributed by atoms with E-state index in [1.54, 1.807) is 18.3 Å². The van der Waals surface area contributed by atoms with Crippen molar-refractivity contribution in [2.75, 3.05) is 11.9 Å². The van der Waals surface area contributed by atoms with Crippen LogP contribution in [-0.2, 0) is 0 Å². The van der Waals surface area contributed by atoms with Gasteiger partial charge in [0, 0.05) is 12.7 Å². The number of carbonyl (C=O) groups excluding carboxylic acids is 1. The molecule has 2 aromatic heterocycles. The average Bonchev–Trinajstić information content (AvgIpc) is 2.92. The van der Waals surface area contributed by atoms with Crippen LogP contribution in [0.2, 0.25) is 0 Å². The molecule has 5 nitrogen and oxygen atoms in total. The third-order valence-electron chi connectivity index (χ3n) is 3.13. The molecule has 0 aliphatic rings. The molecule has 0 saturated carbocycles. The summed E-state index contributed by atoms with van der Waals surface area (Å²) in [5.41, 5.74) is 0.543. The predicted molar refractivity (Wildman–Crippen MR) is 82.3 cm³/mol. The third kappa shape index (κ3) is 3.84. The zero-order valence-corrected chi connectivity index (χ0v) is 12.6. The highest BCUT2D eigenvalue weighted by molar-refractivity contribution is 5.98. The molecule has 0 bridgehead atoms. The van der Waals surface area contributed by atoms with Gasteiger partial charge in [0.25, 0.3) is 5.91 Å². The van der Waals surface area contributed by atoms with Crippen molar-refractivity contribution in [1.29, 1.82) is 0 Å². The van der Waals surface area contributed by atoms with Crippen molar-refractivity contribution in [2.24, 2.45) is 0 Å². The number of rotatable bonds is 6. The fourth-order valence-corrected chi connectivity index (χ4v) is 2.00. The van der Waals surface area contributed by atoms with E-state index in [1.165, 1.54) is 0 Å². The first-order valence-electron chi connectivity index (χ1n) is 7.18. The minimum Gasteiger partial charge on any atom is -0.464 e. The van der Waals surface area contributed by atoms with Gasteiger partial charge in [0.15, 0.2) is 0 Å². The number of hydrogen-bond donors (Lipinski definition) is 2. The van der Waals surface area contributed by atoms with Crippen molar-refractivity contribution in [3.63, 3.8) is 0 Å². The molecule has 2 N–H and O–H groups in total. The van der Waals surface area contributed by atoms with Crippen LogP contribution in [0, 0.1) is 6.92 Å². The highest BCUT2D eigenvalue weighted by Gasteiger charge is 2.17. The van der Waals surface area contributed by atoms with Gasteiger partial charge in [-0.05, 0) is 44.5 Å². The predicted octanol–water partition coefficient (Wildman–Crippen LogP) is 3.30. The van der Waals surface area contributed by atoms with Crippen LogP contribution >= 0.6 is 0 Å². The minimum absolute atomic E-state index is 0.164. The van der Waals surface area contributed by atoms with Gasteiger partial charge in [0.05, 0.1) is 11.6 Å². The molecule has 1 unspecified atom stereocenters. The van der Waals surface area contributed by atoms with E-state index >= 15 is 0 Å². The van der Waals surface area contributed by atoms with Gasteiger partial charge >= 0.3 is 0 Å². The molecule has 5 heteroatoms. The first-order valence-corrected chi connectivity index (χ1v) is 7.18. The fourth-order valence-electron chi connectivity index (χ4n) is 2.00. The Kier molecular flexibility index (Phi) is 4.98. The second-order valence-corrected chi connectivity index (χ2v) is 4.97. The van der Waals surface area contributed by atoms with Gasteiger partial charge in [-0.15, -0.1) is 0 Å². The minimum atomic E-state index is -0.189. The highest BCUT2D eigenvalue weighted by atomic mass is 16.3. The Bertz CT molecular complexity index is 607. The summed E-state index contributed by atoms with van der Waals surface area (Å²) < 4.78 is 5.53. The van der Waals surface area contributed by atoms with Crippen molar-refractivity contribution in [3.8, 4) is 0 Å². The third-order valence-corrected chi connectivity index (χ3v) is 3.13.